The third-order valence-electron chi connectivity index (χ3n) is 8.64. The first kappa shape index (κ1) is 44.6. The summed E-state index contributed by atoms with van der Waals surface area (Å²) >= 11 is 5.45. The first-order valence-corrected chi connectivity index (χ1v) is 18.9. The van der Waals surface area contributed by atoms with E-state index >= 15 is 0 Å². The molecule has 1 atom stereocenters. The molecule has 0 saturated carbocycles. The molecule has 0 aliphatic rings. The number of rotatable bonds is 10. The molecule has 56 heavy (non-hydrogen) atoms. The van der Waals surface area contributed by atoms with E-state index in [9.17, 15) is 52.7 Å². The SMILES string of the molecule is FC(F)(F)c1cc(C[P+](C[C@H](Cc2ccccc2)NC(=S)Nc2cc(C(F)(F)F)cc(C(F)(F)F)c2)(c2ccccc2)c2ccccc2)cc(C(F)(F)F)c1.[Br-]. The van der Waals surface area contributed by atoms with Crippen molar-refractivity contribution in [3.63, 3.8) is 0 Å². The molecule has 0 amide bonds. The van der Waals surface area contributed by atoms with Crippen molar-refractivity contribution >= 4 is 40.9 Å². The molecule has 5 aromatic rings. The fourth-order valence-electron chi connectivity index (χ4n) is 6.27. The Morgan fingerprint density at radius 3 is 1.29 bits per heavy atom. The average molecular weight is 898 g/mol. The maximum absolute atomic E-state index is 14.1. The quantitative estimate of drug-likeness (QED) is 0.0836. The molecule has 5 aromatic carbocycles. The van der Waals surface area contributed by atoms with E-state index in [-0.39, 0.29) is 58.5 Å². The molecule has 298 valence electrons. The van der Waals surface area contributed by atoms with Gasteiger partial charge < -0.3 is 27.6 Å². The van der Waals surface area contributed by atoms with Gasteiger partial charge in [-0.3, -0.25) is 0 Å². The van der Waals surface area contributed by atoms with Crippen molar-refractivity contribution in [2.75, 3.05) is 11.5 Å². The number of anilines is 1. The number of hydrogen-bond acceptors (Lipinski definition) is 1. The number of thiocarbonyl (C=S) groups is 1. The van der Waals surface area contributed by atoms with Crippen molar-refractivity contribution in [3.05, 3.63) is 161 Å². The Kier molecular flexibility index (Phi) is 14.0. The molecule has 0 heterocycles. The van der Waals surface area contributed by atoms with Crippen LogP contribution in [0.5, 0.6) is 0 Å². The average Bonchev–Trinajstić information content (AvgIpc) is 3.10. The number of halogens is 13. The maximum Gasteiger partial charge on any atom is 0.416 e. The highest BCUT2D eigenvalue weighted by atomic mass is 79.9. The molecule has 17 heteroatoms. The minimum atomic E-state index is -5.13. The molecule has 0 saturated heterocycles. The van der Waals surface area contributed by atoms with Crippen LogP contribution in [-0.4, -0.2) is 17.3 Å². The van der Waals surface area contributed by atoms with Crippen LogP contribution in [0.4, 0.5) is 58.4 Å². The van der Waals surface area contributed by atoms with Crippen LogP contribution in [0.1, 0.15) is 33.4 Å². The van der Waals surface area contributed by atoms with E-state index in [1.54, 1.807) is 91.0 Å². The number of hydrogen-bond donors (Lipinski definition) is 2. The van der Waals surface area contributed by atoms with Crippen LogP contribution < -0.4 is 38.2 Å². The molecule has 0 spiro atoms. The Bertz CT molecular complexity index is 1970. The topological polar surface area (TPSA) is 24.1 Å². The van der Waals surface area contributed by atoms with Gasteiger partial charge in [-0.1, -0.05) is 66.7 Å². The third-order valence-corrected chi connectivity index (χ3v) is 13.4. The van der Waals surface area contributed by atoms with Crippen LogP contribution in [0.25, 0.3) is 0 Å². The van der Waals surface area contributed by atoms with Crippen LogP contribution in [0, 0.1) is 0 Å². The Morgan fingerprint density at radius 2 is 0.893 bits per heavy atom. The summed E-state index contributed by atoms with van der Waals surface area (Å²) in [5, 5.41) is 6.29. The minimum absolute atomic E-state index is 0. The van der Waals surface area contributed by atoms with E-state index in [0.717, 1.165) is 0 Å². The molecular formula is C39H30BrF12N2PS. The van der Waals surface area contributed by atoms with Gasteiger partial charge in [0.1, 0.15) is 0 Å². The number of benzene rings is 5. The lowest BCUT2D eigenvalue weighted by Crippen LogP contribution is -3.00. The summed E-state index contributed by atoms with van der Waals surface area (Å²) in [6.45, 7) is 0. The van der Waals surface area contributed by atoms with E-state index in [2.05, 4.69) is 10.6 Å². The lowest BCUT2D eigenvalue weighted by Gasteiger charge is -2.32. The van der Waals surface area contributed by atoms with Crippen LogP contribution in [0.15, 0.2) is 127 Å². The molecular weight excluding hydrogens is 867 g/mol. The molecule has 0 aromatic heterocycles. The molecule has 2 N–H and O–H groups in total. The summed E-state index contributed by atoms with van der Waals surface area (Å²) in [5.74, 6) is 0. The van der Waals surface area contributed by atoms with Gasteiger partial charge in [0, 0.05) is 5.69 Å². The second-order valence-electron chi connectivity index (χ2n) is 12.7. The van der Waals surface area contributed by atoms with Gasteiger partial charge in [-0.2, -0.15) is 52.7 Å². The number of nitrogens with one attached hydrogen (secondary N) is 2. The molecule has 5 rings (SSSR count). The summed E-state index contributed by atoms with van der Waals surface area (Å²) in [5.41, 5.74) is -6.28. The van der Waals surface area contributed by atoms with E-state index in [4.69, 9.17) is 12.2 Å². The summed E-state index contributed by atoms with van der Waals surface area (Å²) in [6.07, 6.45) is -20.6. The zero-order chi connectivity index (χ0) is 40.2. The van der Waals surface area contributed by atoms with Crippen molar-refractivity contribution < 1.29 is 69.7 Å². The van der Waals surface area contributed by atoms with Gasteiger partial charge in [-0.15, -0.1) is 0 Å². The molecule has 0 fully saturated rings. The van der Waals surface area contributed by atoms with E-state index < -0.39 is 66.0 Å². The van der Waals surface area contributed by atoms with Crippen molar-refractivity contribution in [2.24, 2.45) is 0 Å². The standard InChI is InChI=1S/C39H29F12N2PS.BrH/c40-36(41,42)27-16-26(17-28(19-27)37(43,44)45)23-54(33-12-6-2-7-13-33,34-14-8-3-9-15-34)24-32(18-25-10-4-1-5-11-25)53-35(55)52-31-21-29(38(46,47)48)20-30(22-31)39(49,50)51;/h1-17,19-22,32H,18,23-24H2,(H-,52,53,55);1H/t32-;/m0./s1. The van der Waals surface area contributed by atoms with Gasteiger partial charge in [0.25, 0.3) is 0 Å². The van der Waals surface area contributed by atoms with Crippen molar-refractivity contribution in [2.45, 2.75) is 43.3 Å². The van der Waals surface area contributed by atoms with Crippen LogP contribution in [0.2, 0.25) is 0 Å². The highest BCUT2D eigenvalue weighted by Crippen LogP contribution is 2.60. The monoisotopic (exact) mass is 896 g/mol. The third kappa shape index (κ3) is 11.5. The van der Waals surface area contributed by atoms with E-state index in [1.165, 1.54) is 0 Å². The Morgan fingerprint density at radius 1 is 0.518 bits per heavy atom. The summed E-state index contributed by atoms with van der Waals surface area (Å²) in [6, 6.07) is 27.2. The first-order chi connectivity index (χ1) is 25.6. The smallest absolute Gasteiger partial charge is 0.416 e. The Balaban J connectivity index is 0.00000696. The predicted molar refractivity (Wildman–Crippen MR) is 194 cm³/mol. The summed E-state index contributed by atoms with van der Waals surface area (Å²) < 4.78 is 166. The molecule has 0 bridgehead atoms. The van der Waals surface area contributed by atoms with Gasteiger partial charge in [0.2, 0.25) is 0 Å². The van der Waals surface area contributed by atoms with E-state index in [1.807, 2.05) is 0 Å². The van der Waals surface area contributed by atoms with E-state index in [0.29, 0.717) is 40.4 Å². The van der Waals surface area contributed by atoms with Gasteiger partial charge in [-0.05, 0) is 90.4 Å². The molecule has 0 aliphatic carbocycles. The largest absolute Gasteiger partial charge is 1.00 e. The summed E-state index contributed by atoms with van der Waals surface area (Å²) in [7, 11) is -3.14. The fraction of sp³-hybridized carbons (Fsp3) is 0.205. The first-order valence-electron chi connectivity index (χ1n) is 16.3. The summed E-state index contributed by atoms with van der Waals surface area (Å²) in [4.78, 5) is 0. The maximum atomic E-state index is 14.1. The van der Waals surface area contributed by atoms with Crippen LogP contribution in [-0.2, 0) is 37.3 Å². The second kappa shape index (κ2) is 17.6. The van der Waals surface area contributed by atoms with Gasteiger partial charge in [0.05, 0.1) is 58.5 Å². The van der Waals surface area contributed by atoms with Gasteiger partial charge in [-0.25, -0.2) is 0 Å². The lowest BCUT2D eigenvalue weighted by atomic mass is 10.1. The predicted octanol–water partition coefficient (Wildman–Crippen LogP) is 8.53. The number of alkyl halides is 12. The lowest BCUT2D eigenvalue weighted by molar-refractivity contribution is -0.144. The van der Waals surface area contributed by atoms with Crippen LogP contribution >= 0.6 is 19.5 Å². The van der Waals surface area contributed by atoms with Gasteiger partial charge in [0.15, 0.2) is 5.11 Å². The zero-order valence-corrected chi connectivity index (χ0v) is 31.9. The Labute approximate surface area is 330 Å². The normalized spacial score (nSPS) is 13.1. The molecule has 0 radical (unpaired) electrons. The van der Waals surface area contributed by atoms with Crippen LogP contribution in [0.3, 0.4) is 0 Å². The van der Waals surface area contributed by atoms with Gasteiger partial charge >= 0.3 is 24.7 Å². The fourth-order valence-corrected chi connectivity index (χ4v) is 11.0. The molecule has 0 unspecified atom stereocenters. The van der Waals surface area contributed by atoms with Crippen molar-refractivity contribution in [3.8, 4) is 0 Å². The second-order valence-corrected chi connectivity index (χ2v) is 16.7. The zero-order valence-electron chi connectivity index (χ0n) is 28.6. The van der Waals surface area contributed by atoms with Crippen molar-refractivity contribution in [1.82, 2.24) is 5.32 Å². The van der Waals surface area contributed by atoms with Crippen molar-refractivity contribution in [1.29, 1.82) is 0 Å². The molecule has 0 aliphatic heterocycles. The minimum Gasteiger partial charge on any atom is -1.00 e. The highest BCUT2D eigenvalue weighted by molar-refractivity contribution is 7.88. The highest BCUT2D eigenvalue weighted by Gasteiger charge is 2.47. The molecule has 2 nitrogen and oxygen atoms in total. The Hall–Kier alpha value is -4.14.